The zero-order valence-electron chi connectivity index (χ0n) is 10.2. The van der Waals surface area contributed by atoms with E-state index >= 15 is 0 Å². The summed E-state index contributed by atoms with van der Waals surface area (Å²) in [6.45, 7) is 0. The first-order valence-electron chi connectivity index (χ1n) is 5.68. The highest BCUT2D eigenvalue weighted by Gasteiger charge is 2.06. The summed E-state index contributed by atoms with van der Waals surface area (Å²) in [6, 6.07) is 5.76. The molecule has 0 atom stereocenters. The van der Waals surface area contributed by atoms with Crippen LogP contribution < -0.4 is 4.74 Å². The van der Waals surface area contributed by atoms with E-state index in [4.69, 9.17) is 4.74 Å². The van der Waals surface area contributed by atoms with Crippen LogP contribution in [0.2, 0.25) is 0 Å². The number of hydrogen-bond donors (Lipinski definition) is 1. The van der Waals surface area contributed by atoms with E-state index < -0.39 is 0 Å². The monoisotopic (exact) mass is 253 g/mol. The quantitative estimate of drug-likeness (QED) is 0.771. The molecule has 3 aromatic rings. The molecule has 0 amide bonds. The molecular formula is C13H11N5O. The van der Waals surface area contributed by atoms with Crippen LogP contribution in [0, 0.1) is 0 Å². The lowest BCUT2D eigenvalue weighted by Gasteiger charge is -2.05. The molecule has 94 valence electrons. The molecule has 0 spiro atoms. The summed E-state index contributed by atoms with van der Waals surface area (Å²) in [5, 5.41) is 6.61. The van der Waals surface area contributed by atoms with Gasteiger partial charge in [-0.1, -0.05) is 0 Å². The molecule has 0 aliphatic heterocycles. The summed E-state index contributed by atoms with van der Waals surface area (Å²) in [6.07, 6.45) is 6.63. The maximum Gasteiger partial charge on any atom is 0.174 e. The molecule has 0 aliphatic carbocycles. The molecule has 0 aliphatic rings. The molecule has 19 heavy (non-hydrogen) atoms. The molecular weight excluding hydrogens is 242 g/mol. The van der Waals surface area contributed by atoms with Gasteiger partial charge in [0.15, 0.2) is 5.82 Å². The van der Waals surface area contributed by atoms with Crippen molar-refractivity contribution in [3.63, 3.8) is 0 Å². The average Bonchev–Trinajstić information content (AvgIpc) is 3.02. The van der Waals surface area contributed by atoms with Crippen molar-refractivity contribution in [3.8, 4) is 28.4 Å². The third-order valence-electron chi connectivity index (χ3n) is 2.70. The Morgan fingerprint density at radius 1 is 1.11 bits per heavy atom. The Kier molecular flexibility index (Phi) is 2.89. The molecule has 0 radical (unpaired) electrons. The fraction of sp³-hybridized carbons (Fsp3) is 0.0769. The first kappa shape index (κ1) is 11.3. The summed E-state index contributed by atoms with van der Waals surface area (Å²) >= 11 is 0. The van der Waals surface area contributed by atoms with Crippen LogP contribution >= 0.6 is 0 Å². The van der Waals surface area contributed by atoms with Crippen LogP contribution in [0.5, 0.6) is 5.75 Å². The lowest BCUT2D eigenvalue weighted by atomic mass is 10.1. The highest BCUT2D eigenvalue weighted by molar-refractivity contribution is 5.68. The molecule has 6 heteroatoms. The van der Waals surface area contributed by atoms with E-state index in [9.17, 15) is 0 Å². The van der Waals surface area contributed by atoms with Crippen LogP contribution in [0.15, 0.2) is 43.1 Å². The van der Waals surface area contributed by atoms with Crippen LogP contribution in [0.3, 0.4) is 0 Å². The third kappa shape index (κ3) is 2.28. The summed E-state index contributed by atoms with van der Waals surface area (Å²) in [7, 11) is 1.62. The Balaban J connectivity index is 2.03. The zero-order valence-corrected chi connectivity index (χ0v) is 10.2. The minimum Gasteiger partial charge on any atom is -0.495 e. The van der Waals surface area contributed by atoms with Gasteiger partial charge in [0.2, 0.25) is 0 Å². The predicted octanol–water partition coefficient (Wildman–Crippen LogP) is 1.94. The van der Waals surface area contributed by atoms with Gasteiger partial charge in [0.05, 0.1) is 13.3 Å². The van der Waals surface area contributed by atoms with Crippen LogP contribution in [-0.4, -0.2) is 32.3 Å². The van der Waals surface area contributed by atoms with E-state index in [-0.39, 0.29) is 0 Å². The second-order valence-electron chi connectivity index (χ2n) is 3.88. The number of ether oxygens (including phenoxy) is 1. The summed E-state index contributed by atoms with van der Waals surface area (Å²) in [5.41, 5.74) is 2.69. The zero-order chi connectivity index (χ0) is 13.1. The van der Waals surface area contributed by atoms with Gasteiger partial charge in [-0.2, -0.15) is 5.10 Å². The fourth-order valence-electron chi connectivity index (χ4n) is 1.76. The number of hydrogen-bond acceptors (Lipinski definition) is 5. The van der Waals surface area contributed by atoms with Gasteiger partial charge in [0, 0.05) is 18.0 Å². The molecule has 0 bridgehead atoms. The molecule has 3 heterocycles. The van der Waals surface area contributed by atoms with E-state index in [0.29, 0.717) is 5.82 Å². The highest BCUT2D eigenvalue weighted by Crippen LogP contribution is 2.24. The van der Waals surface area contributed by atoms with Crippen LogP contribution in [0.1, 0.15) is 0 Å². The molecule has 0 aromatic carbocycles. The van der Waals surface area contributed by atoms with Crippen molar-refractivity contribution >= 4 is 0 Å². The van der Waals surface area contributed by atoms with Crippen molar-refractivity contribution in [3.05, 3.63) is 43.1 Å². The minimum absolute atomic E-state index is 0.637. The average molecular weight is 253 g/mol. The van der Waals surface area contributed by atoms with Crippen molar-refractivity contribution in [2.24, 2.45) is 0 Å². The smallest absolute Gasteiger partial charge is 0.174 e. The number of pyridine rings is 2. The Hall–Kier alpha value is -2.76. The Bertz CT molecular complexity index is 681. The molecule has 1 N–H and O–H groups in total. The fourth-order valence-corrected chi connectivity index (χ4v) is 1.76. The number of aromatic nitrogens is 5. The van der Waals surface area contributed by atoms with Crippen LogP contribution in [-0.2, 0) is 0 Å². The van der Waals surface area contributed by atoms with Crippen LogP contribution in [0.4, 0.5) is 0 Å². The first-order chi connectivity index (χ1) is 9.36. The van der Waals surface area contributed by atoms with Gasteiger partial charge in [-0.3, -0.25) is 15.1 Å². The Labute approximate surface area is 109 Å². The normalized spacial score (nSPS) is 10.4. The van der Waals surface area contributed by atoms with Gasteiger partial charge < -0.3 is 4.74 Å². The van der Waals surface area contributed by atoms with E-state index in [0.717, 1.165) is 22.6 Å². The number of H-pyrrole nitrogens is 1. The van der Waals surface area contributed by atoms with E-state index in [1.807, 2.05) is 18.2 Å². The topological polar surface area (TPSA) is 76.6 Å². The van der Waals surface area contributed by atoms with Crippen molar-refractivity contribution in [1.82, 2.24) is 25.1 Å². The van der Waals surface area contributed by atoms with Crippen molar-refractivity contribution < 1.29 is 4.74 Å². The summed E-state index contributed by atoms with van der Waals surface area (Å²) in [4.78, 5) is 12.5. The maximum atomic E-state index is 5.17. The lowest BCUT2D eigenvalue weighted by Crippen LogP contribution is -1.89. The van der Waals surface area contributed by atoms with Crippen molar-refractivity contribution in [2.75, 3.05) is 7.11 Å². The number of aromatic amines is 1. The molecule has 6 nitrogen and oxygen atoms in total. The van der Waals surface area contributed by atoms with E-state index in [1.54, 1.807) is 25.7 Å². The molecule has 0 unspecified atom stereocenters. The molecule has 0 saturated carbocycles. The van der Waals surface area contributed by atoms with Crippen molar-refractivity contribution in [1.29, 1.82) is 0 Å². The van der Waals surface area contributed by atoms with Crippen LogP contribution in [0.25, 0.3) is 22.6 Å². The first-order valence-corrected chi connectivity index (χ1v) is 5.68. The van der Waals surface area contributed by atoms with Gasteiger partial charge in [-0.15, -0.1) is 0 Å². The van der Waals surface area contributed by atoms with Gasteiger partial charge >= 0.3 is 0 Å². The van der Waals surface area contributed by atoms with Crippen molar-refractivity contribution in [2.45, 2.75) is 0 Å². The Morgan fingerprint density at radius 2 is 2.05 bits per heavy atom. The van der Waals surface area contributed by atoms with E-state index in [1.165, 1.54) is 6.33 Å². The predicted molar refractivity (Wildman–Crippen MR) is 69.4 cm³/mol. The van der Waals surface area contributed by atoms with Gasteiger partial charge in [0.25, 0.3) is 0 Å². The minimum atomic E-state index is 0.637. The molecule has 3 aromatic heterocycles. The summed E-state index contributed by atoms with van der Waals surface area (Å²) in [5.74, 6) is 1.35. The number of nitrogens with zero attached hydrogens (tertiary/aromatic N) is 4. The number of rotatable bonds is 3. The van der Waals surface area contributed by atoms with Gasteiger partial charge in [0.1, 0.15) is 17.8 Å². The second-order valence-corrected chi connectivity index (χ2v) is 3.88. The molecule has 3 rings (SSSR count). The molecule has 0 fully saturated rings. The Morgan fingerprint density at radius 3 is 2.84 bits per heavy atom. The second kappa shape index (κ2) is 4.85. The summed E-state index contributed by atoms with van der Waals surface area (Å²) < 4.78 is 5.17. The van der Waals surface area contributed by atoms with Gasteiger partial charge in [-0.25, -0.2) is 4.98 Å². The SMILES string of the molecule is COc1cncc(-c2ccnc(-c3ncn[nH]3)c2)c1. The maximum absolute atomic E-state index is 5.17. The van der Waals surface area contributed by atoms with E-state index in [2.05, 4.69) is 25.1 Å². The highest BCUT2D eigenvalue weighted by atomic mass is 16.5. The standard InChI is InChI=1S/C13H11N5O/c1-19-11-4-10(6-14-7-11)9-2-3-15-12(5-9)13-16-8-17-18-13/h2-8H,1H3,(H,16,17,18). The third-order valence-corrected chi connectivity index (χ3v) is 2.70. The lowest BCUT2D eigenvalue weighted by molar-refractivity contribution is 0.413. The number of nitrogens with one attached hydrogen (secondary N) is 1. The largest absolute Gasteiger partial charge is 0.495 e. The number of methoxy groups -OCH3 is 1. The van der Waals surface area contributed by atoms with Gasteiger partial charge in [-0.05, 0) is 23.8 Å². The molecule has 0 saturated heterocycles.